The molecule has 0 amide bonds. The molecule has 0 spiro atoms. The van der Waals surface area contributed by atoms with E-state index in [-0.39, 0.29) is 12.1 Å². The minimum atomic E-state index is -0.354. The van der Waals surface area contributed by atoms with E-state index < -0.39 is 0 Å². The summed E-state index contributed by atoms with van der Waals surface area (Å²) < 4.78 is 10.5. The largest absolute Gasteiger partial charge is 0.460 e. The topological polar surface area (TPSA) is 35.5 Å². The molecule has 0 aromatic heterocycles. The maximum Gasteiger partial charge on any atom is 0.333 e. The SMILES string of the molecule is C=C(C)C(=O)OCC1OCC1c1ccccc1. The molecular weight excluding hydrogens is 216 g/mol. The van der Waals surface area contributed by atoms with Gasteiger partial charge in [0.1, 0.15) is 12.7 Å². The van der Waals surface area contributed by atoms with Crippen LogP contribution in [-0.4, -0.2) is 25.3 Å². The summed E-state index contributed by atoms with van der Waals surface area (Å²) in [6, 6.07) is 10.1. The van der Waals surface area contributed by atoms with Gasteiger partial charge in [-0.25, -0.2) is 4.79 Å². The van der Waals surface area contributed by atoms with Crippen LogP contribution in [0.15, 0.2) is 42.5 Å². The lowest BCUT2D eigenvalue weighted by Crippen LogP contribution is -2.41. The van der Waals surface area contributed by atoms with Crippen LogP contribution in [0.1, 0.15) is 18.4 Å². The highest BCUT2D eigenvalue weighted by molar-refractivity contribution is 5.86. The van der Waals surface area contributed by atoms with E-state index in [0.717, 1.165) is 0 Å². The molecule has 1 aromatic carbocycles. The molecule has 2 rings (SSSR count). The van der Waals surface area contributed by atoms with E-state index in [1.165, 1.54) is 5.56 Å². The van der Waals surface area contributed by atoms with Crippen molar-refractivity contribution in [1.82, 2.24) is 0 Å². The molecule has 1 fully saturated rings. The Labute approximate surface area is 101 Å². The van der Waals surface area contributed by atoms with E-state index >= 15 is 0 Å². The summed E-state index contributed by atoms with van der Waals surface area (Å²) in [6.45, 7) is 6.17. The van der Waals surface area contributed by atoms with Gasteiger partial charge in [0.05, 0.1) is 6.61 Å². The van der Waals surface area contributed by atoms with E-state index in [9.17, 15) is 4.79 Å². The molecule has 1 aliphatic rings. The second kappa shape index (κ2) is 5.15. The lowest BCUT2D eigenvalue weighted by atomic mass is 9.90. The van der Waals surface area contributed by atoms with Crippen molar-refractivity contribution in [3.05, 3.63) is 48.0 Å². The fourth-order valence-corrected chi connectivity index (χ4v) is 1.78. The van der Waals surface area contributed by atoms with E-state index in [1.807, 2.05) is 18.2 Å². The van der Waals surface area contributed by atoms with Gasteiger partial charge < -0.3 is 9.47 Å². The highest BCUT2D eigenvalue weighted by Crippen LogP contribution is 2.31. The van der Waals surface area contributed by atoms with Gasteiger partial charge >= 0.3 is 5.97 Å². The minimum absolute atomic E-state index is 0.0271. The number of hydrogen-bond donors (Lipinski definition) is 0. The summed E-state index contributed by atoms with van der Waals surface area (Å²) in [5.41, 5.74) is 1.65. The third kappa shape index (κ3) is 2.74. The molecule has 1 heterocycles. The predicted molar refractivity (Wildman–Crippen MR) is 64.7 cm³/mol. The zero-order valence-electron chi connectivity index (χ0n) is 9.89. The molecule has 3 heteroatoms. The third-order valence-corrected chi connectivity index (χ3v) is 2.89. The van der Waals surface area contributed by atoms with Crippen molar-refractivity contribution in [1.29, 1.82) is 0 Å². The van der Waals surface area contributed by atoms with Crippen LogP contribution in [0.25, 0.3) is 0 Å². The summed E-state index contributed by atoms with van der Waals surface area (Å²) >= 11 is 0. The quantitative estimate of drug-likeness (QED) is 0.590. The third-order valence-electron chi connectivity index (χ3n) is 2.89. The molecule has 0 aliphatic carbocycles. The van der Waals surface area contributed by atoms with Crippen molar-refractivity contribution >= 4 is 5.97 Å². The number of rotatable bonds is 4. The number of esters is 1. The zero-order valence-corrected chi connectivity index (χ0v) is 9.89. The average Bonchev–Trinajstić information content (AvgIpc) is 2.28. The Hall–Kier alpha value is -1.61. The van der Waals surface area contributed by atoms with Crippen LogP contribution in [0.2, 0.25) is 0 Å². The van der Waals surface area contributed by atoms with Gasteiger partial charge in [0.25, 0.3) is 0 Å². The van der Waals surface area contributed by atoms with Crippen molar-refractivity contribution in [3.63, 3.8) is 0 Å². The van der Waals surface area contributed by atoms with Crippen LogP contribution in [-0.2, 0) is 14.3 Å². The lowest BCUT2D eigenvalue weighted by molar-refractivity contribution is -0.153. The molecule has 0 bridgehead atoms. The fraction of sp³-hybridized carbons (Fsp3) is 0.357. The molecule has 1 aliphatic heterocycles. The first-order valence-electron chi connectivity index (χ1n) is 5.67. The summed E-state index contributed by atoms with van der Waals surface area (Å²) in [5, 5.41) is 0. The first kappa shape index (κ1) is 11.9. The Morgan fingerprint density at radius 2 is 2.18 bits per heavy atom. The number of carbonyl (C=O) groups excluding carboxylic acids is 1. The molecule has 17 heavy (non-hydrogen) atoms. The summed E-state index contributed by atoms with van der Waals surface area (Å²) in [5.74, 6) is -0.0265. The van der Waals surface area contributed by atoms with E-state index in [1.54, 1.807) is 6.92 Å². The van der Waals surface area contributed by atoms with E-state index in [2.05, 4.69) is 18.7 Å². The maximum absolute atomic E-state index is 11.3. The number of ether oxygens (including phenoxy) is 2. The summed E-state index contributed by atoms with van der Waals surface area (Å²) in [4.78, 5) is 11.3. The standard InChI is InChI=1S/C14H16O3/c1-10(2)14(15)17-9-13-12(8-16-13)11-6-4-3-5-7-11/h3-7,12-13H,1,8-9H2,2H3. The maximum atomic E-state index is 11.3. The van der Waals surface area contributed by atoms with Gasteiger partial charge in [-0.2, -0.15) is 0 Å². The number of benzene rings is 1. The monoisotopic (exact) mass is 232 g/mol. The Bertz CT molecular complexity index is 411. The highest BCUT2D eigenvalue weighted by atomic mass is 16.6. The van der Waals surface area contributed by atoms with Crippen molar-refractivity contribution in [2.24, 2.45) is 0 Å². The second-order valence-electron chi connectivity index (χ2n) is 4.27. The van der Waals surface area contributed by atoms with Crippen LogP contribution < -0.4 is 0 Å². The van der Waals surface area contributed by atoms with Crippen molar-refractivity contribution in [2.75, 3.05) is 13.2 Å². The number of carbonyl (C=O) groups is 1. The highest BCUT2D eigenvalue weighted by Gasteiger charge is 2.34. The average molecular weight is 232 g/mol. The van der Waals surface area contributed by atoms with Crippen LogP contribution in [0.5, 0.6) is 0 Å². The zero-order chi connectivity index (χ0) is 12.3. The molecule has 0 saturated carbocycles. The summed E-state index contributed by atoms with van der Waals surface area (Å²) in [7, 11) is 0. The first-order valence-corrected chi connectivity index (χ1v) is 5.67. The van der Waals surface area contributed by atoms with Gasteiger partial charge in [0.15, 0.2) is 0 Å². The molecule has 0 N–H and O–H groups in total. The van der Waals surface area contributed by atoms with Gasteiger partial charge in [0, 0.05) is 11.5 Å². The van der Waals surface area contributed by atoms with Crippen LogP contribution in [0, 0.1) is 0 Å². The van der Waals surface area contributed by atoms with E-state index in [0.29, 0.717) is 24.7 Å². The lowest BCUT2D eigenvalue weighted by Gasteiger charge is -2.36. The Morgan fingerprint density at radius 3 is 2.71 bits per heavy atom. The van der Waals surface area contributed by atoms with Gasteiger partial charge in [-0.15, -0.1) is 0 Å². The van der Waals surface area contributed by atoms with Gasteiger partial charge in [-0.1, -0.05) is 36.9 Å². The molecule has 2 unspecified atom stereocenters. The van der Waals surface area contributed by atoms with Gasteiger partial charge in [-0.3, -0.25) is 0 Å². The van der Waals surface area contributed by atoms with Gasteiger partial charge in [-0.05, 0) is 12.5 Å². The first-order chi connectivity index (χ1) is 8.18. The smallest absolute Gasteiger partial charge is 0.333 e. The molecule has 90 valence electrons. The normalized spacial score (nSPS) is 22.6. The molecule has 2 atom stereocenters. The van der Waals surface area contributed by atoms with Crippen LogP contribution in [0.4, 0.5) is 0 Å². The molecular formula is C14H16O3. The Balaban J connectivity index is 1.88. The molecule has 0 radical (unpaired) electrons. The number of hydrogen-bond acceptors (Lipinski definition) is 3. The minimum Gasteiger partial charge on any atom is -0.460 e. The van der Waals surface area contributed by atoms with Crippen molar-refractivity contribution < 1.29 is 14.3 Å². The molecule has 1 aromatic rings. The van der Waals surface area contributed by atoms with Crippen LogP contribution in [0.3, 0.4) is 0 Å². The van der Waals surface area contributed by atoms with Crippen molar-refractivity contribution in [3.8, 4) is 0 Å². The molecule has 1 saturated heterocycles. The summed E-state index contributed by atoms with van der Waals surface area (Å²) in [6.07, 6.45) is -0.0271. The van der Waals surface area contributed by atoms with E-state index in [4.69, 9.17) is 9.47 Å². The Morgan fingerprint density at radius 1 is 1.47 bits per heavy atom. The van der Waals surface area contributed by atoms with Crippen LogP contribution >= 0.6 is 0 Å². The van der Waals surface area contributed by atoms with Gasteiger partial charge in [0.2, 0.25) is 0 Å². The predicted octanol–water partition coefficient (Wildman–Crippen LogP) is 2.29. The van der Waals surface area contributed by atoms with Crippen molar-refractivity contribution in [2.45, 2.75) is 18.9 Å². The Kier molecular flexibility index (Phi) is 3.59. The second-order valence-corrected chi connectivity index (χ2v) is 4.27. The fourth-order valence-electron chi connectivity index (χ4n) is 1.78. The molecule has 3 nitrogen and oxygen atoms in total.